The Morgan fingerprint density at radius 2 is 1.96 bits per heavy atom. The molecule has 0 aromatic heterocycles. The zero-order valence-corrected chi connectivity index (χ0v) is 13.4. The number of fused-ring (bicyclic) bond motifs is 2. The third-order valence-electron chi connectivity index (χ3n) is 4.80. The number of benzene rings is 2. The Kier molecular flexibility index (Phi) is 3.35. The number of nitrogens with one attached hydrogen (secondary N) is 1. The summed E-state index contributed by atoms with van der Waals surface area (Å²) in [5, 5.41) is 3.01. The molecule has 4 nitrogen and oxygen atoms in total. The summed E-state index contributed by atoms with van der Waals surface area (Å²) in [7, 11) is 0. The van der Waals surface area contributed by atoms with Crippen molar-refractivity contribution in [3.8, 4) is 0 Å². The predicted molar refractivity (Wildman–Crippen MR) is 86.9 cm³/mol. The van der Waals surface area contributed by atoms with E-state index in [1.807, 2.05) is 24.3 Å². The summed E-state index contributed by atoms with van der Waals surface area (Å²) in [6.07, 6.45) is 1.23. The number of imide groups is 1. The van der Waals surface area contributed by atoms with Crippen LogP contribution < -0.4 is 5.32 Å². The number of carbonyl (C=O) groups excluding carboxylic acids is 2. The number of aryl methyl sites for hydroxylation is 1. The molecule has 1 aliphatic heterocycles. The number of rotatable bonds is 2. The van der Waals surface area contributed by atoms with Crippen molar-refractivity contribution in [3.63, 3.8) is 0 Å². The van der Waals surface area contributed by atoms with Gasteiger partial charge >= 0.3 is 6.03 Å². The Bertz CT molecular complexity index is 850. The highest BCUT2D eigenvalue weighted by Gasteiger charge is 2.55. The third-order valence-corrected chi connectivity index (χ3v) is 5.15. The van der Waals surface area contributed by atoms with Gasteiger partial charge in [-0.25, -0.2) is 9.18 Å². The van der Waals surface area contributed by atoms with Crippen molar-refractivity contribution in [3.05, 3.63) is 70.0 Å². The van der Waals surface area contributed by atoms with Crippen molar-refractivity contribution in [2.45, 2.75) is 24.9 Å². The van der Waals surface area contributed by atoms with Crippen molar-refractivity contribution in [1.82, 2.24) is 10.2 Å². The van der Waals surface area contributed by atoms with Crippen molar-refractivity contribution in [1.29, 1.82) is 0 Å². The second-order valence-electron chi connectivity index (χ2n) is 6.08. The molecule has 3 amide bonds. The van der Waals surface area contributed by atoms with E-state index < -0.39 is 17.4 Å². The van der Waals surface area contributed by atoms with Crippen LogP contribution in [0.5, 0.6) is 0 Å². The van der Waals surface area contributed by atoms with E-state index in [1.165, 1.54) is 12.1 Å². The fourth-order valence-electron chi connectivity index (χ4n) is 3.57. The molecule has 0 bridgehead atoms. The number of amides is 3. The molecule has 1 spiro atoms. The second-order valence-corrected chi connectivity index (χ2v) is 6.49. The zero-order valence-electron chi connectivity index (χ0n) is 12.7. The van der Waals surface area contributed by atoms with Gasteiger partial charge in [-0.1, -0.05) is 41.9 Å². The Morgan fingerprint density at radius 1 is 1.17 bits per heavy atom. The topological polar surface area (TPSA) is 49.4 Å². The SMILES string of the molecule is O=C1NC2(CCc3ccccc32)C(=O)N1Cc1c(F)cccc1Cl. The highest BCUT2D eigenvalue weighted by molar-refractivity contribution is 6.31. The van der Waals surface area contributed by atoms with Crippen LogP contribution in [-0.4, -0.2) is 16.8 Å². The molecular formula is C18H14ClFN2O2. The molecule has 1 saturated heterocycles. The second kappa shape index (κ2) is 5.31. The van der Waals surface area contributed by atoms with Crippen molar-refractivity contribution < 1.29 is 14.0 Å². The molecule has 122 valence electrons. The van der Waals surface area contributed by atoms with Gasteiger partial charge in [0.15, 0.2) is 0 Å². The maximum atomic E-state index is 14.0. The number of hydrogen-bond acceptors (Lipinski definition) is 2. The van der Waals surface area contributed by atoms with Gasteiger partial charge in [-0.3, -0.25) is 9.69 Å². The Hall–Kier alpha value is -2.40. The molecule has 6 heteroatoms. The summed E-state index contributed by atoms with van der Waals surface area (Å²) in [4.78, 5) is 26.5. The van der Waals surface area contributed by atoms with Crippen LogP contribution in [0.4, 0.5) is 9.18 Å². The van der Waals surface area contributed by atoms with E-state index >= 15 is 0 Å². The van der Waals surface area contributed by atoms with Crippen LogP contribution in [0.25, 0.3) is 0 Å². The highest BCUT2D eigenvalue weighted by Crippen LogP contribution is 2.41. The third kappa shape index (κ3) is 2.04. The van der Waals surface area contributed by atoms with E-state index in [0.717, 1.165) is 22.4 Å². The average Bonchev–Trinajstić information content (AvgIpc) is 3.04. The Morgan fingerprint density at radius 3 is 2.75 bits per heavy atom. The zero-order chi connectivity index (χ0) is 16.9. The molecule has 0 radical (unpaired) electrons. The molecule has 2 aromatic rings. The average molecular weight is 345 g/mol. The molecule has 1 unspecified atom stereocenters. The quantitative estimate of drug-likeness (QED) is 0.849. The minimum absolute atomic E-state index is 0.144. The molecule has 24 heavy (non-hydrogen) atoms. The van der Waals surface area contributed by atoms with E-state index in [1.54, 1.807) is 6.07 Å². The smallest absolute Gasteiger partial charge is 0.319 e. The lowest BCUT2D eigenvalue weighted by Gasteiger charge is -2.22. The first kappa shape index (κ1) is 15.1. The number of carbonyl (C=O) groups is 2. The van der Waals surface area contributed by atoms with Crippen LogP contribution in [0.15, 0.2) is 42.5 Å². The van der Waals surface area contributed by atoms with Gasteiger partial charge in [-0.2, -0.15) is 0 Å². The van der Waals surface area contributed by atoms with Crippen molar-refractivity contribution >= 4 is 23.5 Å². The van der Waals surface area contributed by atoms with Crippen molar-refractivity contribution in [2.24, 2.45) is 0 Å². The standard InChI is InChI=1S/C18H14ClFN2O2/c19-14-6-3-7-15(20)12(14)10-22-16(23)18(21-17(22)24)9-8-11-4-1-2-5-13(11)18/h1-7H,8-10H2,(H,21,24). The van der Waals surface area contributed by atoms with Crippen LogP contribution in [0.2, 0.25) is 5.02 Å². The van der Waals surface area contributed by atoms with E-state index in [9.17, 15) is 14.0 Å². The van der Waals surface area contributed by atoms with Gasteiger partial charge in [0.25, 0.3) is 5.91 Å². The number of halogens is 2. The van der Waals surface area contributed by atoms with Gasteiger partial charge in [-0.15, -0.1) is 0 Å². The normalized spacial score (nSPS) is 22.2. The van der Waals surface area contributed by atoms with E-state index in [2.05, 4.69) is 5.32 Å². The van der Waals surface area contributed by atoms with Crippen LogP contribution in [0.3, 0.4) is 0 Å². The van der Waals surface area contributed by atoms with E-state index in [4.69, 9.17) is 11.6 Å². The van der Waals surface area contributed by atoms with Gasteiger partial charge in [-0.05, 0) is 36.1 Å². The predicted octanol–water partition coefficient (Wildman–Crippen LogP) is 3.37. The first-order valence-electron chi connectivity index (χ1n) is 7.68. The van der Waals surface area contributed by atoms with Gasteiger partial charge < -0.3 is 5.32 Å². The van der Waals surface area contributed by atoms with Crippen molar-refractivity contribution in [2.75, 3.05) is 0 Å². The Labute approximate surface area is 143 Å². The lowest BCUT2D eigenvalue weighted by atomic mass is 9.92. The van der Waals surface area contributed by atoms with E-state index in [0.29, 0.717) is 6.42 Å². The van der Waals surface area contributed by atoms with E-state index in [-0.39, 0.29) is 23.0 Å². The highest BCUT2D eigenvalue weighted by atomic mass is 35.5. The summed E-state index contributed by atoms with van der Waals surface area (Å²) in [6.45, 7) is -0.180. The fourth-order valence-corrected chi connectivity index (χ4v) is 3.80. The first-order chi connectivity index (χ1) is 11.5. The molecule has 2 aromatic carbocycles. The minimum Gasteiger partial charge on any atom is -0.319 e. The summed E-state index contributed by atoms with van der Waals surface area (Å²) >= 11 is 6.03. The molecule has 2 aliphatic rings. The van der Waals surface area contributed by atoms with Gasteiger partial charge in [0.05, 0.1) is 6.54 Å². The molecule has 1 aliphatic carbocycles. The van der Waals surface area contributed by atoms with Gasteiger partial charge in [0.1, 0.15) is 11.4 Å². The molecule has 1 atom stereocenters. The van der Waals surface area contributed by atoms with Crippen LogP contribution >= 0.6 is 11.6 Å². The molecule has 0 saturated carbocycles. The lowest BCUT2D eigenvalue weighted by molar-refractivity contribution is -0.132. The summed E-state index contributed by atoms with van der Waals surface area (Å²) in [5.74, 6) is -0.882. The summed E-state index contributed by atoms with van der Waals surface area (Å²) in [6, 6.07) is 11.4. The number of hydrogen-bond donors (Lipinski definition) is 1. The Balaban J connectivity index is 1.71. The maximum absolute atomic E-state index is 14.0. The number of urea groups is 1. The molecule has 4 rings (SSSR count). The molecular weight excluding hydrogens is 331 g/mol. The molecule has 1 fully saturated rings. The lowest BCUT2D eigenvalue weighted by Crippen LogP contribution is -2.41. The molecule has 1 N–H and O–H groups in total. The molecule has 1 heterocycles. The van der Waals surface area contributed by atoms with Gasteiger partial charge in [0, 0.05) is 10.6 Å². The number of nitrogens with zero attached hydrogens (tertiary/aromatic N) is 1. The first-order valence-corrected chi connectivity index (χ1v) is 8.06. The maximum Gasteiger partial charge on any atom is 0.325 e. The summed E-state index contributed by atoms with van der Waals surface area (Å²) < 4.78 is 14.0. The fraction of sp³-hybridized carbons (Fsp3) is 0.222. The van der Waals surface area contributed by atoms with Crippen LogP contribution in [0.1, 0.15) is 23.1 Å². The summed E-state index contributed by atoms with van der Waals surface area (Å²) in [5.41, 5.74) is 0.985. The largest absolute Gasteiger partial charge is 0.325 e. The van der Waals surface area contributed by atoms with Crippen LogP contribution in [0, 0.1) is 5.82 Å². The monoisotopic (exact) mass is 344 g/mol. The van der Waals surface area contributed by atoms with Gasteiger partial charge in [0.2, 0.25) is 0 Å². The van der Waals surface area contributed by atoms with Crippen LogP contribution in [-0.2, 0) is 23.3 Å². The minimum atomic E-state index is -1.04.